The van der Waals surface area contributed by atoms with E-state index in [-0.39, 0.29) is 12.4 Å². The van der Waals surface area contributed by atoms with E-state index in [0.29, 0.717) is 29.7 Å². The Kier molecular flexibility index (Phi) is 7.97. The molecule has 0 bridgehead atoms. The van der Waals surface area contributed by atoms with Gasteiger partial charge in [0.2, 0.25) is 0 Å². The van der Waals surface area contributed by atoms with Gasteiger partial charge in [0.1, 0.15) is 22.7 Å². The molecule has 2 aromatic rings. The minimum atomic E-state index is -0.134. The third-order valence-corrected chi connectivity index (χ3v) is 6.07. The van der Waals surface area contributed by atoms with Crippen LogP contribution in [0.15, 0.2) is 29.3 Å². The number of hydrogen-bond acceptors (Lipinski definition) is 7. The molecule has 1 aliphatic rings. The first-order chi connectivity index (χ1) is 14.5. The number of thioether (sulfide) groups is 1. The van der Waals surface area contributed by atoms with Crippen LogP contribution in [-0.4, -0.2) is 47.3 Å². The molecule has 1 aromatic carbocycles. The van der Waals surface area contributed by atoms with Gasteiger partial charge in [0.25, 0.3) is 0 Å². The van der Waals surface area contributed by atoms with Gasteiger partial charge in [-0.15, -0.1) is 11.8 Å². The van der Waals surface area contributed by atoms with Crippen LogP contribution in [0.1, 0.15) is 36.1 Å². The summed E-state index contributed by atoms with van der Waals surface area (Å²) in [6.45, 7) is 6.81. The first kappa shape index (κ1) is 22.4. The summed E-state index contributed by atoms with van der Waals surface area (Å²) in [6.07, 6.45) is 1.48. The number of morpholine rings is 1. The minimum absolute atomic E-state index is 0.134. The van der Waals surface area contributed by atoms with E-state index < -0.39 is 0 Å². The number of benzene rings is 1. The predicted octanol–water partition coefficient (Wildman–Crippen LogP) is 3.52. The van der Waals surface area contributed by atoms with E-state index >= 15 is 0 Å². The topological polar surface area (TPSA) is 89.6 Å². The number of ether oxygens (including phenoxy) is 1. The Morgan fingerprint density at radius 2 is 2.03 bits per heavy atom. The number of nitrogens with zero attached hydrogens (tertiary/aromatic N) is 3. The maximum absolute atomic E-state index is 10.2. The molecule has 1 aliphatic heterocycles. The normalized spacial score (nSPS) is 14.2. The van der Waals surface area contributed by atoms with Crippen molar-refractivity contribution in [1.82, 2.24) is 4.98 Å². The highest BCUT2D eigenvalue weighted by Gasteiger charge is 2.24. The lowest BCUT2D eigenvalue weighted by atomic mass is 9.95. The largest absolute Gasteiger partial charge is 0.508 e. The molecule has 1 saturated heterocycles. The van der Waals surface area contributed by atoms with Gasteiger partial charge in [-0.2, -0.15) is 5.26 Å². The third kappa shape index (κ3) is 5.45. The Bertz CT molecular complexity index is 905. The zero-order valence-electron chi connectivity index (χ0n) is 17.6. The summed E-state index contributed by atoms with van der Waals surface area (Å²) in [4.78, 5) is 7.01. The van der Waals surface area contributed by atoms with Gasteiger partial charge in [-0.1, -0.05) is 26.0 Å². The van der Waals surface area contributed by atoms with E-state index in [9.17, 15) is 15.5 Å². The van der Waals surface area contributed by atoms with Crippen molar-refractivity contribution in [3.8, 4) is 11.8 Å². The molecule has 6 nitrogen and oxygen atoms in total. The molecule has 0 atom stereocenters. The first-order valence-electron chi connectivity index (χ1n) is 10.3. The molecule has 2 N–H and O–H groups in total. The molecular formula is C23H29N3O3S. The number of aromatic hydroxyl groups is 1. The van der Waals surface area contributed by atoms with Crippen molar-refractivity contribution in [2.75, 3.05) is 37.0 Å². The molecule has 30 heavy (non-hydrogen) atoms. The Labute approximate surface area is 182 Å². The molecule has 1 aromatic heterocycles. The van der Waals surface area contributed by atoms with E-state index in [4.69, 9.17) is 9.72 Å². The minimum Gasteiger partial charge on any atom is -0.508 e. The Morgan fingerprint density at radius 1 is 1.27 bits per heavy atom. The zero-order chi connectivity index (χ0) is 21.5. The summed E-state index contributed by atoms with van der Waals surface area (Å²) in [5.41, 5.74) is 3.29. The van der Waals surface area contributed by atoms with Crippen LogP contribution >= 0.6 is 11.8 Å². The fraction of sp³-hybridized carbons (Fsp3) is 0.478. The van der Waals surface area contributed by atoms with Crippen LogP contribution in [0.3, 0.4) is 0 Å². The van der Waals surface area contributed by atoms with Crippen molar-refractivity contribution >= 4 is 17.6 Å². The van der Waals surface area contributed by atoms with Crippen molar-refractivity contribution in [3.05, 3.63) is 46.5 Å². The fourth-order valence-electron chi connectivity index (χ4n) is 3.67. The Hall–Kier alpha value is -2.27. The van der Waals surface area contributed by atoms with Crippen LogP contribution < -0.4 is 4.90 Å². The second-order valence-electron chi connectivity index (χ2n) is 7.81. The fourth-order valence-corrected chi connectivity index (χ4v) is 4.66. The molecule has 0 spiro atoms. The smallest absolute Gasteiger partial charge is 0.135 e. The number of rotatable bonds is 8. The summed E-state index contributed by atoms with van der Waals surface area (Å²) in [5, 5.41) is 30.5. The average molecular weight is 428 g/mol. The third-order valence-electron chi connectivity index (χ3n) is 5.09. The zero-order valence-corrected chi connectivity index (χ0v) is 18.4. The van der Waals surface area contributed by atoms with Gasteiger partial charge in [-0.05, 0) is 42.0 Å². The van der Waals surface area contributed by atoms with Gasteiger partial charge >= 0.3 is 0 Å². The van der Waals surface area contributed by atoms with Crippen LogP contribution in [0.5, 0.6) is 5.75 Å². The van der Waals surface area contributed by atoms with Gasteiger partial charge in [0.05, 0.1) is 25.4 Å². The van der Waals surface area contributed by atoms with Crippen LogP contribution in [0.4, 0.5) is 5.82 Å². The van der Waals surface area contributed by atoms with E-state index in [2.05, 4.69) is 24.8 Å². The van der Waals surface area contributed by atoms with Crippen molar-refractivity contribution in [2.45, 2.75) is 38.3 Å². The summed E-state index contributed by atoms with van der Waals surface area (Å²) in [7, 11) is 0. The number of phenolic OH excluding ortho intramolecular Hbond substituents is 1. The molecule has 0 radical (unpaired) electrons. The molecule has 0 aliphatic carbocycles. The number of anilines is 1. The van der Waals surface area contributed by atoms with Crippen molar-refractivity contribution in [1.29, 1.82) is 5.26 Å². The standard InChI is InChI=1S/C23H29N3O3S/c1-16(2)12-19-20(14-24)23(30-11-6-17-4-3-5-18(28)13-17)25-22(21(19)15-27)26-7-9-29-10-8-26/h3-5,13,16,27-28H,6-12,15H2,1-2H3. The summed E-state index contributed by atoms with van der Waals surface area (Å²) in [6, 6.07) is 9.59. The van der Waals surface area contributed by atoms with Crippen molar-refractivity contribution < 1.29 is 14.9 Å². The molecule has 0 unspecified atom stereocenters. The van der Waals surface area contributed by atoms with Gasteiger partial charge in [-0.25, -0.2) is 4.98 Å². The number of aliphatic hydroxyl groups excluding tert-OH is 1. The van der Waals surface area contributed by atoms with Gasteiger partial charge in [-0.3, -0.25) is 0 Å². The highest BCUT2D eigenvalue weighted by molar-refractivity contribution is 7.99. The van der Waals surface area contributed by atoms with Gasteiger partial charge in [0.15, 0.2) is 0 Å². The highest BCUT2D eigenvalue weighted by Crippen LogP contribution is 2.34. The number of hydrogen-bond donors (Lipinski definition) is 2. The van der Waals surface area contributed by atoms with E-state index in [0.717, 1.165) is 54.2 Å². The first-order valence-corrected chi connectivity index (χ1v) is 11.3. The van der Waals surface area contributed by atoms with E-state index in [1.165, 1.54) is 0 Å². The van der Waals surface area contributed by atoms with Crippen LogP contribution in [-0.2, 0) is 24.2 Å². The monoisotopic (exact) mass is 427 g/mol. The molecule has 0 saturated carbocycles. The molecular weight excluding hydrogens is 398 g/mol. The van der Waals surface area contributed by atoms with Crippen LogP contribution in [0.25, 0.3) is 0 Å². The van der Waals surface area contributed by atoms with Crippen molar-refractivity contribution in [2.24, 2.45) is 5.92 Å². The molecule has 1 fully saturated rings. The SMILES string of the molecule is CC(C)Cc1c(C#N)c(SCCc2cccc(O)c2)nc(N2CCOCC2)c1CO. The number of aliphatic hydroxyl groups is 1. The lowest BCUT2D eigenvalue weighted by Crippen LogP contribution is -2.37. The van der Waals surface area contributed by atoms with Crippen LogP contribution in [0.2, 0.25) is 0 Å². The van der Waals surface area contributed by atoms with Crippen LogP contribution in [0, 0.1) is 17.2 Å². The highest BCUT2D eigenvalue weighted by atomic mass is 32.2. The van der Waals surface area contributed by atoms with Gasteiger partial charge in [0, 0.05) is 24.4 Å². The van der Waals surface area contributed by atoms with E-state index in [1.54, 1.807) is 23.9 Å². The number of aromatic nitrogens is 1. The Balaban J connectivity index is 1.94. The molecule has 3 rings (SSSR count). The molecule has 160 valence electrons. The molecule has 2 heterocycles. The molecule has 7 heteroatoms. The van der Waals surface area contributed by atoms with E-state index in [1.807, 2.05) is 12.1 Å². The number of phenols is 1. The lowest BCUT2D eigenvalue weighted by Gasteiger charge is -2.31. The summed E-state index contributed by atoms with van der Waals surface area (Å²) < 4.78 is 5.48. The maximum Gasteiger partial charge on any atom is 0.135 e. The number of nitriles is 1. The maximum atomic E-state index is 10.2. The van der Waals surface area contributed by atoms with Crippen molar-refractivity contribution in [3.63, 3.8) is 0 Å². The quantitative estimate of drug-likeness (QED) is 0.623. The summed E-state index contributed by atoms with van der Waals surface area (Å²) >= 11 is 1.56. The predicted molar refractivity (Wildman–Crippen MR) is 119 cm³/mol. The number of pyridine rings is 1. The Morgan fingerprint density at radius 3 is 2.67 bits per heavy atom. The number of aryl methyl sites for hydroxylation is 1. The second kappa shape index (κ2) is 10.7. The van der Waals surface area contributed by atoms with Gasteiger partial charge < -0.3 is 19.8 Å². The molecule has 0 amide bonds. The summed E-state index contributed by atoms with van der Waals surface area (Å²) in [5.74, 6) is 2.13. The average Bonchev–Trinajstić information content (AvgIpc) is 2.74. The second-order valence-corrected chi connectivity index (χ2v) is 8.89. The lowest BCUT2D eigenvalue weighted by molar-refractivity contribution is 0.122.